The van der Waals surface area contributed by atoms with Gasteiger partial charge in [0.2, 0.25) is 0 Å². The zero-order valence-corrected chi connectivity index (χ0v) is 16.2. The van der Waals surface area contributed by atoms with Gasteiger partial charge in [0.15, 0.2) is 0 Å². The molecule has 4 nitrogen and oxygen atoms in total. The quantitative estimate of drug-likeness (QED) is 0.502. The molecule has 0 spiro atoms. The summed E-state index contributed by atoms with van der Waals surface area (Å²) in [5.41, 5.74) is 3.89. The van der Waals surface area contributed by atoms with E-state index in [-0.39, 0.29) is 5.91 Å². The predicted molar refractivity (Wildman–Crippen MR) is 114 cm³/mol. The molecule has 0 aliphatic heterocycles. The molecule has 4 aromatic rings. The maximum atomic E-state index is 12.7. The molecule has 0 fully saturated rings. The molecule has 2 aromatic carbocycles. The van der Waals surface area contributed by atoms with Crippen molar-refractivity contribution in [3.63, 3.8) is 0 Å². The summed E-state index contributed by atoms with van der Waals surface area (Å²) in [6, 6.07) is 20.2. The Morgan fingerprint density at radius 3 is 2.64 bits per heavy atom. The number of carbonyl (C=O) groups is 1. The summed E-state index contributed by atoms with van der Waals surface area (Å²) in [5.74, 6) is -0.0327. The fourth-order valence-electron chi connectivity index (χ4n) is 3.16. The number of hydrogen-bond donors (Lipinski definition) is 1. The molecular weight excluding hydrogens is 366 g/mol. The van der Waals surface area contributed by atoms with Gasteiger partial charge in [0, 0.05) is 35.9 Å². The Labute approximate surface area is 168 Å². The van der Waals surface area contributed by atoms with E-state index in [1.807, 2.05) is 47.4 Å². The summed E-state index contributed by atoms with van der Waals surface area (Å²) in [5, 5.41) is 5.10. The van der Waals surface area contributed by atoms with Crippen molar-refractivity contribution in [3.05, 3.63) is 101 Å². The van der Waals surface area contributed by atoms with E-state index in [1.165, 1.54) is 10.4 Å². The molecule has 0 aliphatic rings. The van der Waals surface area contributed by atoms with Crippen molar-refractivity contribution in [2.24, 2.45) is 0 Å². The number of imidazole rings is 1. The minimum atomic E-state index is -0.0327. The summed E-state index contributed by atoms with van der Waals surface area (Å²) in [7, 11) is 0. The lowest BCUT2D eigenvalue weighted by Gasteiger charge is -2.11. The molecule has 1 amide bonds. The second-order valence-electron chi connectivity index (χ2n) is 6.56. The monoisotopic (exact) mass is 387 g/mol. The van der Waals surface area contributed by atoms with E-state index in [4.69, 9.17) is 0 Å². The van der Waals surface area contributed by atoms with Crippen molar-refractivity contribution in [2.45, 2.75) is 13.0 Å². The number of rotatable bonds is 7. The van der Waals surface area contributed by atoms with Crippen molar-refractivity contribution in [3.8, 4) is 11.1 Å². The Morgan fingerprint density at radius 2 is 1.89 bits per heavy atom. The van der Waals surface area contributed by atoms with Crippen LogP contribution < -0.4 is 5.32 Å². The zero-order chi connectivity index (χ0) is 19.2. The van der Waals surface area contributed by atoms with Crippen LogP contribution in [0.3, 0.4) is 0 Å². The van der Waals surface area contributed by atoms with Crippen LogP contribution in [0.2, 0.25) is 0 Å². The molecule has 2 aromatic heterocycles. The molecule has 5 heteroatoms. The van der Waals surface area contributed by atoms with Gasteiger partial charge in [-0.15, -0.1) is 11.3 Å². The summed E-state index contributed by atoms with van der Waals surface area (Å²) < 4.78 is 2.03. The first-order valence-electron chi connectivity index (χ1n) is 9.24. The van der Waals surface area contributed by atoms with Crippen molar-refractivity contribution < 1.29 is 4.79 Å². The van der Waals surface area contributed by atoms with E-state index < -0.39 is 0 Å². The number of aromatic nitrogens is 2. The molecule has 28 heavy (non-hydrogen) atoms. The Morgan fingerprint density at radius 1 is 1.04 bits per heavy atom. The Kier molecular flexibility index (Phi) is 5.64. The van der Waals surface area contributed by atoms with Crippen LogP contribution in [0.1, 0.15) is 20.8 Å². The second-order valence-corrected chi connectivity index (χ2v) is 7.60. The van der Waals surface area contributed by atoms with E-state index in [2.05, 4.69) is 46.0 Å². The van der Waals surface area contributed by atoms with Crippen LogP contribution in [0.15, 0.2) is 84.8 Å². The summed E-state index contributed by atoms with van der Waals surface area (Å²) in [4.78, 5) is 18.1. The normalized spacial score (nSPS) is 10.7. The van der Waals surface area contributed by atoms with Crippen LogP contribution in [0, 0.1) is 0 Å². The SMILES string of the molecule is O=C(NCCc1cccs1)c1ccccc1-c1ccc(Cn2ccnc2)cc1. The van der Waals surface area contributed by atoms with Crippen molar-refractivity contribution in [2.75, 3.05) is 6.54 Å². The number of benzene rings is 2. The molecule has 0 saturated heterocycles. The molecule has 4 rings (SSSR count). The highest BCUT2D eigenvalue weighted by Gasteiger charge is 2.12. The maximum Gasteiger partial charge on any atom is 0.251 e. The van der Waals surface area contributed by atoms with Gasteiger partial charge in [-0.1, -0.05) is 48.5 Å². The van der Waals surface area contributed by atoms with Gasteiger partial charge in [0.25, 0.3) is 5.91 Å². The highest BCUT2D eigenvalue weighted by molar-refractivity contribution is 7.09. The summed E-state index contributed by atoms with van der Waals surface area (Å²) in [6.07, 6.45) is 6.39. The van der Waals surface area contributed by atoms with Crippen LogP contribution in [-0.2, 0) is 13.0 Å². The summed E-state index contributed by atoms with van der Waals surface area (Å²) >= 11 is 1.72. The zero-order valence-electron chi connectivity index (χ0n) is 15.4. The third kappa shape index (κ3) is 4.38. The van der Waals surface area contributed by atoms with E-state index in [0.29, 0.717) is 12.1 Å². The van der Waals surface area contributed by atoms with Crippen LogP contribution in [0.25, 0.3) is 11.1 Å². The average molecular weight is 388 g/mol. The molecule has 0 bridgehead atoms. The van der Waals surface area contributed by atoms with Gasteiger partial charge in [0.05, 0.1) is 6.33 Å². The smallest absolute Gasteiger partial charge is 0.251 e. The van der Waals surface area contributed by atoms with Gasteiger partial charge in [-0.3, -0.25) is 4.79 Å². The van der Waals surface area contributed by atoms with Crippen LogP contribution >= 0.6 is 11.3 Å². The minimum Gasteiger partial charge on any atom is -0.352 e. The van der Waals surface area contributed by atoms with E-state index >= 15 is 0 Å². The molecule has 0 unspecified atom stereocenters. The molecular formula is C23H21N3OS. The largest absolute Gasteiger partial charge is 0.352 e. The summed E-state index contributed by atoms with van der Waals surface area (Å²) in [6.45, 7) is 1.42. The van der Waals surface area contributed by atoms with Gasteiger partial charge in [-0.2, -0.15) is 0 Å². The first kappa shape index (κ1) is 18.2. The predicted octanol–water partition coefficient (Wildman–Crippen LogP) is 4.63. The molecule has 140 valence electrons. The Hall–Kier alpha value is -3.18. The molecule has 2 heterocycles. The highest BCUT2D eigenvalue weighted by Crippen LogP contribution is 2.24. The van der Waals surface area contributed by atoms with Crippen molar-refractivity contribution in [1.29, 1.82) is 0 Å². The number of amides is 1. The number of nitrogens with one attached hydrogen (secondary N) is 1. The molecule has 0 radical (unpaired) electrons. The fourth-order valence-corrected chi connectivity index (χ4v) is 3.87. The van der Waals surface area contributed by atoms with Gasteiger partial charge in [0.1, 0.15) is 0 Å². The lowest BCUT2D eigenvalue weighted by molar-refractivity contribution is 0.0955. The van der Waals surface area contributed by atoms with Crippen LogP contribution in [-0.4, -0.2) is 22.0 Å². The van der Waals surface area contributed by atoms with Gasteiger partial charge < -0.3 is 9.88 Å². The molecule has 0 atom stereocenters. The van der Waals surface area contributed by atoms with Crippen molar-refractivity contribution >= 4 is 17.2 Å². The number of thiophene rings is 1. The van der Waals surface area contributed by atoms with Gasteiger partial charge in [-0.05, 0) is 40.6 Å². The fraction of sp³-hybridized carbons (Fsp3) is 0.130. The first-order chi connectivity index (χ1) is 13.8. The Balaban J connectivity index is 1.46. The van der Waals surface area contributed by atoms with Crippen LogP contribution in [0.5, 0.6) is 0 Å². The number of nitrogens with zero attached hydrogens (tertiary/aromatic N) is 2. The maximum absolute atomic E-state index is 12.7. The van der Waals surface area contributed by atoms with E-state index in [9.17, 15) is 4.79 Å². The second kappa shape index (κ2) is 8.67. The first-order valence-corrected chi connectivity index (χ1v) is 10.1. The third-order valence-electron chi connectivity index (χ3n) is 4.60. The van der Waals surface area contributed by atoms with E-state index in [1.54, 1.807) is 17.5 Å². The Bertz CT molecular complexity index is 1020. The van der Waals surface area contributed by atoms with Gasteiger partial charge >= 0.3 is 0 Å². The van der Waals surface area contributed by atoms with Gasteiger partial charge in [-0.25, -0.2) is 4.98 Å². The van der Waals surface area contributed by atoms with Crippen molar-refractivity contribution in [1.82, 2.24) is 14.9 Å². The minimum absolute atomic E-state index is 0.0327. The number of hydrogen-bond acceptors (Lipinski definition) is 3. The average Bonchev–Trinajstić information content (AvgIpc) is 3.43. The molecule has 0 saturated carbocycles. The van der Waals surface area contributed by atoms with Crippen LogP contribution in [0.4, 0.5) is 0 Å². The number of carbonyl (C=O) groups excluding carboxylic acids is 1. The topological polar surface area (TPSA) is 46.9 Å². The highest BCUT2D eigenvalue weighted by atomic mass is 32.1. The molecule has 1 N–H and O–H groups in total. The third-order valence-corrected chi connectivity index (χ3v) is 5.53. The standard InChI is InChI=1S/C23H21N3OS/c27-23(25-12-11-20-4-3-15-28-20)22-6-2-1-5-21(22)19-9-7-18(8-10-19)16-26-14-13-24-17-26/h1-10,13-15,17H,11-12,16H2,(H,25,27). The van der Waals surface area contributed by atoms with E-state index in [0.717, 1.165) is 24.1 Å². The lowest BCUT2D eigenvalue weighted by Crippen LogP contribution is -2.26. The lowest BCUT2D eigenvalue weighted by atomic mass is 9.98. The molecule has 0 aliphatic carbocycles.